The van der Waals surface area contributed by atoms with Crippen molar-refractivity contribution >= 4 is 5.97 Å². The predicted molar refractivity (Wildman–Crippen MR) is 40.3 cm³/mol. The SMILES string of the molecule is CCN1CC2CC1C2C(=O)O. The monoisotopic (exact) mass is 155 g/mol. The molecule has 3 atom stereocenters. The van der Waals surface area contributed by atoms with Crippen molar-refractivity contribution in [3.05, 3.63) is 0 Å². The quantitative estimate of drug-likeness (QED) is 0.628. The normalized spacial score (nSPS) is 42.1. The first kappa shape index (κ1) is 7.10. The van der Waals surface area contributed by atoms with E-state index in [0.29, 0.717) is 12.0 Å². The minimum absolute atomic E-state index is 0.0463. The number of carboxylic acids is 1. The average molecular weight is 155 g/mol. The molecule has 2 heterocycles. The Morgan fingerprint density at radius 2 is 2.45 bits per heavy atom. The number of rotatable bonds is 2. The lowest BCUT2D eigenvalue weighted by molar-refractivity contribution is -0.147. The van der Waals surface area contributed by atoms with Crippen LogP contribution in [-0.2, 0) is 4.79 Å². The molecule has 0 aromatic heterocycles. The van der Waals surface area contributed by atoms with Crippen molar-refractivity contribution in [1.82, 2.24) is 4.90 Å². The highest BCUT2D eigenvalue weighted by atomic mass is 16.4. The van der Waals surface area contributed by atoms with E-state index in [9.17, 15) is 4.79 Å². The molecule has 0 spiro atoms. The first-order valence-electron chi connectivity index (χ1n) is 4.21. The maximum absolute atomic E-state index is 10.7. The Hall–Kier alpha value is -0.570. The molecule has 62 valence electrons. The van der Waals surface area contributed by atoms with E-state index in [1.165, 1.54) is 0 Å². The number of carboxylic acid groups (broad SMARTS) is 1. The number of hydrogen-bond acceptors (Lipinski definition) is 2. The van der Waals surface area contributed by atoms with Crippen LogP contribution in [0.3, 0.4) is 0 Å². The van der Waals surface area contributed by atoms with E-state index in [2.05, 4.69) is 11.8 Å². The van der Waals surface area contributed by atoms with E-state index in [1.807, 2.05) is 0 Å². The molecule has 3 nitrogen and oxygen atoms in total. The summed E-state index contributed by atoms with van der Waals surface area (Å²) in [6, 6.07) is 0.363. The van der Waals surface area contributed by atoms with Gasteiger partial charge in [0.05, 0.1) is 5.92 Å². The third-order valence-electron chi connectivity index (χ3n) is 3.10. The largest absolute Gasteiger partial charge is 0.481 e. The summed E-state index contributed by atoms with van der Waals surface area (Å²) in [6.45, 7) is 4.11. The molecular weight excluding hydrogens is 142 g/mol. The third-order valence-corrected chi connectivity index (χ3v) is 3.10. The van der Waals surface area contributed by atoms with Crippen LogP contribution >= 0.6 is 0 Å². The summed E-state index contributed by atoms with van der Waals surface area (Å²) >= 11 is 0. The predicted octanol–water partition coefficient (Wildman–Crippen LogP) is 0.411. The molecule has 0 amide bonds. The average Bonchev–Trinajstić information content (AvgIpc) is 2.39. The van der Waals surface area contributed by atoms with Crippen LogP contribution in [0, 0.1) is 11.8 Å². The zero-order chi connectivity index (χ0) is 8.01. The highest BCUT2D eigenvalue weighted by molar-refractivity contribution is 5.73. The molecule has 2 bridgehead atoms. The van der Waals surface area contributed by atoms with E-state index >= 15 is 0 Å². The molecule has 2 saturated heterocycles. The Labute approximate surface area is 66.0 Å². The molecule has 3 aliphatic rings. The van der Waals surface area contributed by atoms with Crippen molar-refractivity contribution in [3.63, 3.8) is 0 Å². The van der Waals surface area contributed by atoms with Crippen LogP contribution in [0.5, 0.6) is 0 Å². The van der Waals surface area contributed by atoms with Gasteiger partial charge in [-0.3, -0.25) is 9.69 Å². The van der Waals surface area contributed by atoms with Gasteiger partial charge in [-0.05, 0) is 18.9 Å². The lowest BCUT2D eigenvalue weighted by Gasteiger charge is -2.33. The van der Waals surface area contributed by atoms with Crippen molar-refractivity contribution in [1.29, 1.82) is 0 Å². The molecule has 0 aromatic carbocycles. The molecule has 0 aromatic rings. The topological polar surface area (TPSA) is 40.5 Å². The van der Waals surface area contributed by atoms with Crippen LogP contribution in [0.4, 0.5) is 0 Å². The molecular formula is C8H13NO2. The molecule has 3 rings (SSSR count). The van der Waals surface area contributed by atoms with Gasteiger partial charge in [-0.1, -0.05) is 6.92 Å². The van der Waals surface area contributed by atoms with E-state index in [4.69, 9.17) is 5.11 Å². The molecule has 1 N–H and O–H groups in total. The van der Waals surface area contributed by atoms with Gasteiger partial charge >= 0.3 is 5.97 Å². The van der Waals surface area contributed by atoms with Gasteiger partial charge in [-0.2, -0.15) is 0 Å². The summed E-state index contributed by atoms with van der Waals surface area (Å²) in [6.07, 6.45) is 1.12. The van der Waals surface area contributed by atoms with Gasteiger partial charge in [-0.15, -0.1) is 0 Å². The van der Waals surface area contributed by atoms with Gasteiger partial charge in [0.1, 0.15) is 0 Å². The van der Waals surface area contributed by atoms with Crippen molar-refractivity contribution in [2.24, 2.45) is 11.8 Å². The van der Waals surface area contributed by atoms with Gasteiger partial charge in [0, 0.05) is 12.6 Å². The van der Waals surface area contributed by atoms with E-state index in [1.54, 1.807) is 0 Å². The summed E-state index contributed by atoms with van der Waals surface area (Å²) in [5.41, 5.74) is 0. The van der Waals surface area contributed by atoms with Gasteiger partial charge in [-0.25, -0.2) is 0 Å². The first-order valence-corrected chi connectivity index (χ1v) is 4.21. The van der Waals surface area contributed by atoms with Crippen molar-refractivity contribution in [3.8, 4) is 0 Å². The molecule has 1 saturated carbocycles. The zero-order valence-electron chi connectivity index (χ0n) is 6.66. The maximum atomic E-state index is 10.7. The molecule has 2 aliphatic heterocycles. The Morgan fingerprint density at radius 1 is 1.73 bits per heavy atom. The second-order valence-corrected chi connectivity index (χ2v) is 3.51. The molecule has 3 unspecified atom stereocenters. The van der Waals surface area contributed by atoms with Crippen molar-refractivity contribution < 1.29 is 9.90 Å². The fourth-order valence-corrected chi connectivity index (χ4v) is 2.45. The number of nitrogens with zero attached hydrogens (tertiary/aromatic N) is 1. The van der Waals surface area contributed by atoms with E-state index < -0.39 is 5.97 Å². The second-order valence-electron chi connectivity index (χ2n) is 3.51. The van der Waals surface area contributed by atoms with Gasteiger partial charge < -0.3 is 5.11 Å². The van der Waals surface area contributed by atoms with E-state index in [0.717, 1.165) is 19.5 Å². The molecule has 1 aliphatic carbocycles. The summed E-state index contributed by atoms with van der Waals surface area (Å²) < 4.78 is 0. The number of aliphatic carboxylic acids is 1. The summed E-state index contributed by atoms with van der Waals surface area (Å²) in [5, 5.41) is 8.80. The standard InChI is InChI=1S/C8H13NO2/c1-2-9-4-5-3-6(9)7(5)8(10)11/h5-7H,2-4H2,1H3,(H,10,11). The van der Waals surface area contributed by atoms with Crippen molar-refractivity contribution in [2.75, 3.05) is 13.1 Å². The Bertz CT molecular complexity index is 193. The minimum atomic E-state index is -0.595. The van der Waals surface area contributed by atoms with Crippen LogP contribution in [-0.4, -0.2) is 35.1 Å². The Balaban J connectivity index is 2.06. The van der Waals surface area contributed by atoms with Gasteiger partial charge in [0.2, 0.25) is 0 Å². The fourth-order valence-electron chi connectivity index (χ4n) is 2.45. The summed E-state index contributed by atoms with van der Waals surface area (Å²) in [7, 11) is 0. The fraction of sp³-hybridized carbons (Fsp3) is 0.875. The van der Waals surface area contributed by atoms with Crippen LogP contribution in [0.2, 0.25) is 0 Å². The zero-order valence-corrected chi connectivity index (χ0v) is 6.66. The smallest absolute Gasteiger partial charge is 0.308 e. The van der Waals surface area contributed by atoms with Crippen molar-refractivity contribution in [2.45, 2.75) is 19.4 Å². The second kappa shape index (κ2) is 2.21. The van der Waals surface area contributed by atoms with Gasteiger partial charge in [0.25, 0.3) is 0 Å². The lowest BCUT2D eigenvalue weighted by atomic mass is 9.74. The maximum Gasteiger partial charge on any atom is 0.308 e. The van der Waals surface area contributed by atoms with Crippen LogP contribution in [0.1, 0.15) is 13.3 Å². The molecule has 3 heteroatoms. The first-order chi connectivity index (χ1) is 5.24. The molecule has 3 fully saturated rings. The highest BCUT2D eigenvalue weighted by Crippen LogP contribution is 2.45. The van der Waals surface area contributed by atoms with Crippen LogP contribution < -0.4 is 0 Å². The number of hydrogen-bond donors (Lipinski definition) is 1. The minimum Gasteiger partial charge on any atom is -0.481 e. The molecule has 11 heavy (non-hydrogen) atoms. The van der Waals surface area contributed by atoms with Crippen LogP contribution in [0.15, 0.2) is 0 Å². The summed E-state index contributed by atoms with van der Waals surface area (Å²) in [4.78, 5) is 13.0. The number of fused-ring (bicyclic) bond motifs is 1. The molecule has 0 radical (unpaired) electrons. The van der Waals surface area contributed by atoms with Crippen LogP contribution in [0.25, 0.3) is 0 Å². The van der Waals surface area contributed by atoms with E-state index in [-0.39, 0.29) is 5.92 Å². The Kier molecular flexibility index (Phi) is 1.42. The lowest BCUT2D eigenvalue weighted by Crippen LogP contribution is -2.43. The highest BCUT2D eigenvalue weighted by Gasteiger charge is 2.54. The number of carbonyl (C=O) groups is 1. The summed E-state index contributed by atoms with van der Waals surface area (Å²) in [5.74, 6) is -0.186. The third kappa shape index (κ3) is 0.805. The van der Waals surface area contributed by atoms with Gasteiger partial charge in [0.15, 0.2) is 0 Å². The Morgan fingerprint density at radius 3 is 2.82 bits per heavy atom.